The SMILES string of the molecule is CCN(CC)c1nc(-c2c[nH]c3ncc(C(O)c4ccccc4)cc23)cs1. The number of aliphatic hydroxyl groups excluding tert-OH is 1. The molecule has 0 aliphatic heterocycles. The van der Waals surface area contributed by atoms with Crippen LogP contribution in [0, 0.1) is 0 Å². The van der Waals surface area contributed by atoms with Crippen LogP contribution in [0.1, 0.15) is 31.1 Å². The lowest BCUT2D eigenvalue weighted by molar-refractivity contribution is 0.220. The topological polar surface area (TPSA) is 65.0 Å². The van der Waals surface area contributed by atoms with E-state index in [-0.39, 0.29) is 0 Å². The van der Waals surface area contributed by atoms with Crippen molar-refractivity contribution >= 4 is 27.5 Å². The molecule has 27 heavy (non-hydrogen) atoms. The van der Waals surface area contributed by atoms with Crippen molar-refractivity contribution in [2.24, 2.45) is 0 Å². The van der Waals surface area contributed by atoms with Gasteiger partial charge in [-0.15, -0.1) is 11.3 Å². The van der Waals surface area contributed by atoms with Gasteiger partial charge in [0.15, 0.2) is 5.13 Å². The Morgan fingerprint density at radius 3 is 2.67 bits per heavy atom. The Balaban J connectivity index is 1.73. The van der Waals surface area contributed by atoms with Crippen LogP contribution >= 0.6 is 11.3 Å². The van der Waals surface area contributed by atoms with E-state index in [1.807, 2.05) is 42.6 Å². The van der Waals surface area contributed by atoms with Gasteiger partial charge in [0.1, 0.15) is 11.8 Å². The molecule has 2 N–H and O–H groups in total. The smallest absolute Gasteiger partial charge is 0.185 e. The van der Waals surface area contributed by atoms with E-state index in [4.69, 9.17) is 4.98 Å². The number of aromatic amines is 1. The summed E-state index contributed by atoms with van der Waals surface area (Å²) in [5, 5.41) is 14.8. The van der Waals surface area contributed by atoms with Crippen molar-refractivity contribution in [3.63, 3.8) is 0 Å². The number of nitrogens with zero attached hydrogens (tertiary/aromatic N) is 3. The maximum Gasteiger partial charge on any atom is 0.185 e. The average molecular weight is 379 g/mol. The highest BCUT2D eigenvalue weighted by atomic mass is 32.1. The fourth-order valence-electron chi connectivity index (χ4n) is 3.24. The lowest BCUT2D eigenvalue weighted by Gasteiger charge is -2.16. The first-order valence-corrected chi connectivity index (χ1v) is 10.00. The number of aliphatic hydroxyl groups is 1. The summed E-state index contributed by atoms with van der Waals surface area (Å²) in [6, 6.07) is 11.6. The second-order valence-electron chi connectivity index (χ2n) is 6.37. The average Bonchev–Trinajstić information content (AvgIpc) is 3.35. The molecule has 4 aromatic rings. The van der Waals surface area contributed by atoms with Gasteiger partial charge in [-0.05, 0) is 25.5 Å². The minimum atomic E-state index is -0.701. The molecule has 3 aromatic heterocycles. The summed E-state index contributed by atoms with van der Waals surface area (Å²) in [5.74, 6) is 0. The third-order valence-corrected chi connectivity index (χ3v) is 5.69. The molecular weight excluding hydrogens is 356 g/mol. The molecule has 1 unspecified atom stereocenters. The molecular formula is C21H22N4OS. The standard InChI is InChI=1S/C21H22N4OS/c1-3-25(4-2)21-24-18(13-27-21)17-12-23-20-16(17)10-15(11-22-20)19(26)14-8-6-5-7-9-14/h5-13,19,26H,3-4H2,1-2H3,(H,22,23). The largest absolute Gasteiger partial charge is 0.384 e. The van der Waals surface area contributed by atoms with E-state index in [0.717, 1.165) is 51.6 Å². The molecule has 1 aromatic carbocycles. The van der Waals surface area contributed by atoms with Gasteiger partial charge in [0, 0.05) is 47.4 Å². The highest BCUT2D eigenvalue weighted by molar-refractivity contribution is 7.14. The molecule has 0 amide bonds. The molecule has 0 saturated heterocycles. The number of fused-ring (bicyclic) bond motifs is 1. The Morgan fingerprint density at radius 1 is 1.15 bits per heavy atom. The van der Waals surface area contributed by atoms with Gasteiger partial charge >= 0.3 is 0 Å². The summed E-state index contributed by atoms with van der Waals surface area (Å²) in [6.45, 7) is 6.15. The zero-order valence-corrected chi connectivity index (χ0v) is 16.2. The van der Waals surface area contributed by atoms with E-state index in [9.17, 15) is 5.11 Å². The van der Waals surface area contributed by atoms with Crippen LogP contribution in [-0.4, -0.2) is 33.1 Å². The van der Waals surface area contributed by atoms with Gasteiger partial charge in [-0.3, -0.25) is 0 Å². The molecule has 0 radical (unpaired) electrons. The Morgan fingerprint density at radius 2 is 1.93 bits per heavy atom. The number of rotatable bonds is 6. The zero-order valence-electron chi connectivity index (χ0n) is 15.4. The maximum absolute atomic E-state index is 10.7. The highest BCUT2D eigenvalue weighted by Crippen LogP contribution is 2.33. The summed E-state index contributed by atoms with van der Waals surface area (Å²) in [5.41, 5.74) is 4.36. The van der Waals surface area contributed by atoms with Crippen molar-refractivity contribution in [2.45, 2.75) is 20.0 Å². The third-order valence-electron chi connectivity index (χ3n) is 4.79. The van der Waals surface area contributed by atoms with Crippen molar-refractivity contribution in [2.75, 3.05) is 18.0 Å². The van der Waals surface area contributed by atoms with Crippen LogP contribution in [-0.2, 0) is 0 Å². The number of anilines is 1. The zero-order chi connectivity index (χ0) is 18.8. The van der Waals surface area contributed by atoms with E-state index < -0.39 is 6.10 Å². The van der Waals surface area contributed by atoms with E-state index in [1.165, 1.54) is 0 Å². The molecule has 6 heteroatoms. The number of aromatic nitrogens is 3. The van der Waals surface area contributed by atoms with Gasteiger partial charge < -0.3 is 15.0 Å². The van der Waals surface area contributed by atoms with Gasteiger partial charge in [-0.1, -0.05) is 30.3 Å². The molecule has 0 aliphatic carbocycles. The van der Waals surface area contributed by atoms with Crippen LogP contribution in [0.3, 0.4) is 0 Å². The second-order valence-corrected chi connectivity index (χ2v) is 7.20. The van der Waals surface area contributed by atoms with Gasteiger partial charge in [-0.25, -0.2) is 9.97 Å². The fraction of sp³-hybridized carbons (Fsp3) is 0.238. The maximum atomic E-state index is 10.7. The molecule has 0 fully saturated rings. The van der Waals surface area contributed by atoms with Crippen LogP contribution in [0.15, 0.2) is 54.2 Å². The molecule has 0 spiro atoms. The Bertz CT molecular complexity index is 1040. The molecule has 0 saturated carbocycles. The first-order valence-electron chi connectivity index (χ1n) is 9.12. The summed E-state index contributed by atoms with van der Waals surface area (Å²) in [4.78, 5) is 14.8. The second kappa shape index (κ2) is 7.50. The first-order chi connectivity index (χ1) is 13.2. The molecule has 138 valence electrons. The number of benzene rings is 1. The summed E-state index contributed by atoms with van der Waals surface area (Å²) >= 11 is 1.65. The number of hydrogen-bond acceptors (Lipinski definition) is 5. The van der Waals surface area contributed by atoms with Crippen molar-refractivity contribution in [3.8, 4) is 11.3 Å². The van der Waals surface area contributed by atoms with E-state index in [0.29, 0.717) is 0 Å². The van der Waals surface area contributed by atoms with E-state index >= 15 is 0 Å². The lowest BCUT2D eigenvalue weighted by Crippen LogP contribution is -2.21. The lowest BCUT2D eigenvalue weighted by atomic mass is 10.0. The van der Waals surface area contributed by atoms with Crippen molar-refractivity contribution in [1.82, 2.24) is 15.0 Å². The Kier molecular flexibility index (Phi) is 4.92. The quantitative estimate of drug-likeness (QED) is 0.514. The molecule has 0 bridgehead atoms. The first kappa shape index (κ1) is 17.7. The summed E-state index contributed by atoms with van der Waals surface area (Å²) < 4.78 is 0. The highest BCUT2D eigenvalue weighted by Gasteiger charge is 2.16. The molecule has 5 nitrogen and oxygen atoms in total. The monoisotopic (exact) mass is 378 g/mol. The van der Waals surface area contributed by atoms with Gasteiger partial charge in [-0.2, -0.15) is 0 Å². The van der Waals surface area contributed by atoms with Crippen LogP contribution in [0.5, 0.6) is 0 Å². The fourth-order valence-corrected chi connectivity index (χ4v) is 4.19. The van der Waals surface area contributed by atoms with Crippen molar-refractivity contribution in [3.05, 3.63) is 65.3 Å². The molecule has 0 aliphatic rings. The number of pyridine rings is 1. The summed E-state index contributed by atoms with van der Waals surface area (Å²) in [7, 11) is 0. The molecule has 1 atom stereocenters. The van der Waals surface area contributed by atoms with E-state index in [2.05, 4.69) is 34.1 Å². The van der Waals surface area contributed by atoms with Gasteiger partial charge in [0.25, 0.3) is 0 Å². The summed E-state index contributed by atoms with van der Waals surface area (Å²) in [6.07, 6.45) is 2.97. The van der Waals surface area contributed by atoms with Crippen LogP contribution in [0.4, 0.5) is 5.13 Å². The predicted octanol–water partition coefficient (Wildman–Crippen LogP) is 4.61. The van der Waals surface area contributed by atoms with E-state index in [1.54, 1.807) is 17.5 Å². The number of thiazole rings is 1. The number of hydrogen-bond donors (Lipinski definition) is 2. The number of nitrogens with one attached hydrogen (secondary N) is 1. The van der Waals surface area contributed by atoms with Gasteiger partial charge in [0.2, 0.25) is 0 Å². The minimum Gasteiger partial charge on any atom is -0.384 e. The molecule has 4 rings (SSSR count). The Labute approximate surface area is 162 Å². The van der Waals surface area contributed by atoms with Crippen LogP contribution < -0.4 is 4.90 Å². The number of H-pyrrole nitrogens is 1. The van der Waals surface area contributed by atoms with Crippen LogP contribution in [0.25, 0.3) is 22.3 Å². The van der Waals surface area contributed by atoms with Crippen molar-refractivity contribution in [1.29, 1.82) is 0 Å². The Hall–Kier alpha value is -2.70. The van der Waals surface area contributed by atoms with Crippen LogP contribution in [0.2, 0.25) is 0 Å². The van der Waals surface area contributed by atoms with Gasteiger partial charge in [0.05, 0.1) is 5.69 Å². The normalized spacial score (nSPS) is 12.4. The minimum absolute atomic E-state index is 0.701. The molecule has 3 heterocycles. The predicted molar refractivity (Wildman–Crippen MR) is 111 cm³/mol. The van der Waals surface area contributed by atoms with Crippen molar-refractivity contribution < 1.29 is 5.11 Å². The third kappa shape index (κ3) is 3.34.